The fraction of sp³-hybridized carbons (Fsp3) is 0.138. The Balaban J connectivity index is 1.23. The molecule has 60 heavy (non-hydrogen) atoms. The van der Waals surface area contributed by atoms with Crippen molar-refractivity contribution < 1.29 is 0 Å². The molecule has 0 unspecified atom stereocenters. The summed E-state index contributed by atoms with van der Waals surface area (Å²) in [5.41, 5.74) is 18.4. The van der Waals surface area contributed by atoms with E-state index in [1.807, 2.05) is 0 Å². The summed E-state index contributed by atoms with van der Waals surface area (Å²) in [6.45, 7) is 0. The van der Waals surface area contributed by atoms with Gasteiger partial charge in [0.15, 0.2) is 0 Å². The van der Waals surface area contributed by atoms with Gasteiger partial charge in [-0.1, -0.05) is 134 Å². The largest absolute Gasteiger partial charge is 0.314 e. The maximum absolute atomic E-state index is 2.51. The van der Waals surface area contributed by atoms with Crippen LogP contribution >= 0.6 is 0 Å². The molecule has 0 aromatic heterocycles. The second-order valence-electron chi connectivity index (χ2n) is 16.5. The van der Waals surface area contributed by atoms with Crippen molar-refractivity contribution in [3.05, 3.63) is 227 Å². The summed E-state index contributed by atoms with van der Waals surface area (Å²) in [5.74, 6) is 0. The fourth-order valence-electron chi connectivity index (χ4n) is 10.1. The number of hydrogen-bond donors (Lipinski definition) is 0. The number of aryl methyl sites for hydroxylation is 2. The smallest absolute Gasteiger partial charge is 0.0468 e. The highest BCUT2D eigenvalue weighted by Gasteiger charge is 2.26. The highest BCUT2D eigenvalue weighted by molar-refractivity contribution is 6.19. The maximum atomic E-state index is 2.51. The molecule has 0 radical (unpaired) electrons. The summed E-state index contributed by atoms with van der Waals surface area (Å²) < 4.78 is 0. The molecule has 7 aromatic rings. The van der Waals surface area contributed by atoms with E-state index in [9.17, 15) is 0 Å². The van der Waals surface area contributed by atoms with E-state index in [1.165, 1.54) is 100 Å². The minimum absolute atomic E-state index is 0.994. The van der Waals surface area contributed by atoms with Crippen molar-refractivity contribution in [2.75, 3.05) is 9.80 Å². The normalized spacial score (nSPS) is 15.7. The van der Waals surface area contributed by atoms with Crippen molar-refractivity contribution in [3.8, 4) is 0 Å². The molecular formula is C58H48N2. The van der Waals surface area contributed by atoms with E-state index >= 15 is 0 Å². The van der Waals surface area contributed by atoms with Gasteiger partial charge in [-0.2, -0.15) is 0 Å². The quantitative estimate of drug-likeness (QED) is 0.142. The van der Waals surface area contributed by atoms with Crippen LogP contribution in [-0.2, 0) is 12.8 Å². The molecular weight excluding hydrogens is 725 g/mol. The summed E-state index contributed by atoms with van der Waals surface area (Å²) in [4.78, 5) is 4.94. The lowest BCUT2D eigenvalue weighted by molar-refractivity contribution is 0.918. The summed E-state index contributed by atoms with van der Waals surface area (Å²) >= 11 is 0. The molecule has 7 aromatic carbocycles. The van der Waals surface area contributed by atoms with E-state index in [1.54, 1.807) is 0 Å². The molecule has 0 N–H and O–H groups in total. The molecule has 0 aliphatic heterocycles. The first kappa shape index (κ1) is 36.2. The third-order valence-electron chi connectivity index (χ3n) is 12.9. The van der Waals surface area contributed by atoms with Crippen LogP contribution in [0.2, 0.25) is 0 Å². The van der Waals surface area contributed by atoms with Crippen LogP contribution in [0, 0.1) is 0 Å². The average molecular weight is 773 g/mol. The van der Waals surface area contributed by atoms with Crippen molar-refractivity contribution in [2.45, 2.75) is 51.4 Å². The number of benzene rings is 7. The molecule has 0 heterocycles. The van der Waals surface area contributed by atoms with Gasteiger partial charge < -0.3 is 9.80 Å². The second kappa shape index (κ2) is 15.7. The summed E-state index contributed by atoms with van der Waals surface area (Å²) in [6.07, 6.45) is 27.0. The molecule has 0 amide bonds. The molecule has 0 spiro atoms. The Kier molecular flexibility index (Phi) is 9.47. The van der Waals surface area contributed by atoms with Gasteiger partial charge in [0.05, 0.1) is 0 Å². The number of hydrogen-bond acceptors (Lipinski definition) is 2. The molecule has 0 saturated carbocycles. The van der Waals surface area contributed by atoms with Gasteiger partial charge >= 0.3 is 0 Å². The molecule has 2 nitrogen and oxygen atoms in total. The Morgan fingerprint density at radius 1 is 0.400 bits per heavy atom. The van der Waals surface area contributed by atoms with Crippen LogP contribution in [0.15, 0.2) is 193 Å². The van der Waals surface area contributed by atoms with Crippen LogP contribution in [-0.4, -0.2) is 0 Å². The molecule has 0 bridgehead atoms. The van der Waals surface area contributed by atoms with Crippen molar-refractivity contribution in [2.24, 2.45) is 0 Å². The molecule has 4 aliphatic rings. The topological polar surface area (TPSA) is 6.48 Å². The highest BCUT2D eigenvalue weighted by atomic mass is 15.2. The minimum atomic E-state index is 0.994. The lowest BCUT2D eigenvalue weighted by Gasteiger charge is -2.31. The van der Waals surface area contributed by atoms with Crippen LogP contribution in [0.4, 0.5) is 22.7 Å². The monoisotopic (exact) mass is 772 g/mol. The molecule has 0 atom stereocenters. The fourth-order valence-corrected chi connectivity index (χ4v) is 10.1. The number of para-hydroxylation sites is 2. The first-order valence-electron chi connectivity index (χ1n) is 21.8. The van der Waals surface area contributed by atoms with E-state index in [2.05, 4.69) is 204 Å². The predicted octanol–water partition coefficient (Wildman–Crippen LogP) is 15.7. The van der Waals surface area contributed by atoms with Gasteiger partial charge in [0.1, 0.15) is 0 Å². The maximum Gasteiger partial charge on any atom is 0.0468 e. The lowest BCUT2D eigenvalue weighted by Crippen LogP contribution is -2.17. The number of fused-ring (bicyclic) bond motifs is 4. The Labute approximate surface area is 354 Å². The molecule has 4 aliphatic carbocycles. The van der Waals surface area contributed by atoms with Crippen LogP contribution in [0.25, 0.3) is 44.8 Å². The van der Waals surface area contributed by atoms with Crippen molar-refractivity contribution in [1.82, 2.24) is 0 Å². The third kappa shape index (κ3) is 6.63. The summed E-state index contributed by atoms with van der Waals surface area (Å²) in [5, 5.41) is 5.27. The minimum Gasteiger partial charge on any atom is -0.314 e. The zero-order valence-electron chi connectivity index (χ0n) is 34.0. The van der Waals surface area contributed by atoms with Crippen molar-refractivity contribution in [3.63, 3.8) is 0 Å². The van der Waals surface area contributed by atoms with Gasteiger partial charge in [-0.25, -0.2) is 0 Å². The molecule has 11 rings (SSSR count). The van der Waals surface area contributed by atoms with Crippen molar-refractivity contribution >= 4 is 67.6 Å². The predicted molar refractivity (Wildman–Crippen MR) is 257 cm³/mol. The van der Waals surface area contributed by atoms with E-state index in [0.717, 1.165) is 51.4 Å². The highest BCUT2D eigenvalue weighted by Crippen LogP contribution is 2.48. The number of anilines is 4. The summed E-state index contributed by atoms with van der Waals surface area (Å²) in [6, 6.07) is 54.4. The van der Waals surface area contributed by atoms with Gasteiger partial charge in [0, 0.05) is 34.1 Å². The number of rotatable bonds is 8. The van der Waals surface area contributed by atoms with Crippen LogP contribution in [0.3, 0.4) is 0 Å². The number of nitrogens with zero attached hydrogens (tertiary/aromatic N) is 2. The molecule has 2 heteroatoms. The Bertz CT molecular complexity index is 2970. The Morgan fingerprint density at radius 3 is 1.50 bits per heavy atom. The molecule has 0 saturated heterocycles. The van der Waals surface area contributed by atoms with Gasteiger partial charge in [0.25, 0.3) is 0 Å². The van der Waals surface area contributed by atoms with E-state index < -0.39 is 0 Å². The van der Waals surface area contributed by atoms with E-state index in [4.69, 9.17) is 0 Å². The van der Waals surface area contributed by atoms with Gasteiger partial charge in [-0.15, -0.1) is 0 Å². The standard InChI is InChI=1S/C58H48N2/c1-5-21-47(22-6-1)59(48-23-7-2-8-24-48)51-33-35-53-55(39-51)57(45-31-29-41-17-13-15-19-43(41)37-45)54-36-34-52(60(49-25-9-3-10-26-49)50-27-11-4-12-28-50)40-56(54)58(53)46-32-30-42-18-14-16-20-44(42)38-46/h1-3,5-7,9-11,13-23,25-28,33-40H,4,8,12,24,29-32H2. The van der Waals surface area contributed by atoms with Crippen molar-refractivity contribution in [1.29, 1.82) is 0 Å². The Morgan fingerprint density at radius 2 is 0.950 bits per heavy atom. The van der Waals surface area contributed by atoms with Gasteiger partial charge in [0.2, 0.25) is 0 Å². The molecule has 0 fully saturated rings. The van der Waals surface area contributed by atoms with Crippen LogP contribution in [0.1, 0.15) is 71.9 Å². The van der Waals surface area contributed by atoms with Crippen LogP contribution in [0.5, 0.6) is 0 Å². The SMILES string of the molecule is C1=CCCC(N(c2ccccc2)c2ccc3c(C4=Cc5ccccc5CC4)c4cc(N(C5=CCCC=C5)c5ccccc5)ccc4c(C4=Cc5ccccc5CC4)c3c2)=C1. The van der Waals surface area contributed by atoms with Crippen LogP contribution < -0.4 is 9.80 Å². The average Bonchev–Trinajstić information content (AvgIpc) is 3.32. The lowest BCUT2D eigenvalue weighted by atomic mass is 9.79. The molecule has 290 valence electrons. The second-order valence-corrected chi connectivity index (χ2v) is 16.5. The third-order valence-corrected chi connectivity index (χ3v) is 12.9. The zero-order valence-corrected chi connectivity index (χ0v) is 34.0. The summed E-state index contributed by atoms with van der Waals surface area (Å²) in [7, 11) is 0. The first-order chi connectivity index (χ1) is 29.8. The van der Waals surface area contributed by atoms with E-state index in [0.29, 0.717) is 0 Å². The van der Waals surface area contributed by atoms with Gasteiger partial charge in [-0.05, 0) is 178 Å². The zero-order chi connectivity index (χ0) is 39.8. The van der Waals surface area contributed by atoms with Gasteiger partial charge in [-0.3, -0.25) is 0 Å². The Hall–Kier alpha value is -6.90. The first-order valence-corrected chi connectivity index (χ1v) is 21.8. The number of allylic oxidation sites excluding steroid dienone is 9. The van der Waals surface area contributed by atoms with E-state index in [-0.39, 0.29) is 0 Å².